The Morgan fingerprint density at radius 2 is 1.39 bits per heavy atom. The zero-order valence-electron chi connectivity index (χ0n) is 17.1. The van der Waals surface area contributed by atoms with Crippen LogP contribution >= 0.6 is 7.59 Å². The fraction of sp³-hybridized carbons (Fsp3) is 0.667. The van der Waals surface area contributed by atoms with Gasteiger partial charge in [-0.2, -0.15) is 0 Å². The number of carbonyl (C=O) groups is 1. The van der Waals surface area contributed by atoms with E-state index in [4.69, 9.17) is 0 Å². The van der Waals surface area contributed by atoms with Crippen LogP contribution in [0, 0.1) is 5.82 Å². The van der Waals surface area contributed by atoms with Crippen LogP contribution in [0.1, 0.15) is 74.6 Å². The molecule has 1 aromatic carbocycles. The summed E-state index contributed by atoms with van der Waals surface area (Å²) in [5.74, 6) is -1.20. The van der Waals surface area contributed by atoms with Gasteiger partial charge in [-0.25, -0.2) is 13.7 Å². The Kier molecular flexibility index (Phi) is 7.30. The van der Waals surface area contributed by atoms with Crippen LogP contribution in [0.3, 0.4) is 0 Å². The average molecular weight is 409 g/mol. The van der Waals surface area contributed by atoms with E-state index in [1.54, 1.807) is 12.1 Å². The molecule has 28 heavy (non-hydrogen) atoms. The second kappa shape index (κ2) is 9.51. The van der Waals surface area contributed by atoms with Crippen LogP contribution < -0.4 is 5.09 Å². The molecule has 2 aliphatic rings. The summed E-state index contributed by atoms with van der Waals surface area (Å²) in [6.45, 7) is 0. The second-order valence-electron chi connectivity index (χ2n) is 8.20. The third kappa shape index (κ3) is 4.67. The lowest BCUT2D eigenvalue weighted by Crippen LogP contribution is -2.46. The molecule has 7 heteroatoms. The molecule has 0 unspecified atom stereocenters. The van der Waals surface area contributed by atoms with E-state index < -0.39 is 19.3 Å². The molecule has 0 aromatic heterocycles. The van der Waals surface area contributed by atoms with Crippen molar-refractivity contribution in [1.29, 1.82) is 0 Å². The van der Waals surface area contributed by atoms with Crippen LogP contribution in [0.2, 0.25) is 0 Å². The number of hydrogen-bond donors (Lipinski definition) is 1. The number of halogens is 1. The molecule has 156 valence electrons. The Morgan fingerprint density at radius 1 is 0.929 bits per heavy atom. The van der Waals surface area contributed by atoms with Crippen molar-refractivity contribution < 1.29 is 13.8 Å². The van der Waals surface area contributed by atoms with Crippen molar-refractivity contribution in [2.24, 2.45) is 0 Å². The maximum atomic E-state index is 14.3. The minimum absolute atomic E-state index is 0.0585. The van der Waals surface area contributed by atoms with E-state index in [2.05, 4.69) is 5.09 Å². The summed E-state index contributed by atoms with van der Waals surface area (Å²) in [6.07, 6.45) is 10.8. The van der Waals surface area contributed by atoms with E-state index >= 15 is 0 Å². The van der Waals surface area contributed by atoms with Crippen molar-refractivity contribution in [2.45, 2.75) is 76.3 Å². The quantitative estimate of drug-likeness (QED) is 0.657. The fourth-order valence-corrected chi connectivity index (χ4v) is 7.06. The molecule has 1 amide bonds. The highest BCUT2D eigenvalue weighted by Crippen LogP contribution is 2.53. The summed E-state index contributed by atoms with van der Waals surface area (Å²) >= 11 is 0. The van der Waals surface area contributed by atoms with Gasteiger partial charge in [0.2, 0.25) is 0 Å². The molecule has 3 rings (SSSR count). The first kappa shape index (κ1) is 21.5. The van der Waals surface area contributed by atoms with E-state index in [0.29, 0.717) is 0 Å². The molecule has 0 heterocycles. The fourth-order valence-electron chi connectivity index (χ4n) is 4.57. The third-order valence-corrected chi connectivity index (χ3v) is 9.29. The third-order valence-electron chi connectivity index (χ3n) is 6.43. The van der Waals surface area contributed by atoms with Crippen LogP contribution in [0.4, 0.5) is 4.39 Å². The Hall–Kier alpha value is -1.23. The smallest absolute Gasteiger partial charge is 0.278 e. The van der Waals surface area contributed by atoms with Crippen molar-refractivity contribution in [3.8, 4) is 0 Å². The lowest BCUT2D eigenvalue weighted by molar-refractivity contribution is 0.0966. The van der Waals surface area contributed by atoms with Gasteiger partial charge in [-0.3, -0.25) is 14.4 Å². The molecule has 2 aliphatic carbocycles. The highest BCUT2D eigenvalue weighted by Gasteiger charge is 2.42. The molecule has 1 N–H and O–H groups in total. The minimum Gasteiger partial charge on any atom is -0.278 e. The first-order valence-corrected chi connectivity index (χ1v) is 12.2. The van der Waals surface area contributed by atoms with Crippen molar-refractivity contribution in [3.63, 3.8) is 0 Å². The molecular formula is C21H33FN3O2P. The first-order chi connectivity index (χ1) is 13.4. The molecule has 2 fully saturated rings. The number of rotatable bonds is 6. The maximum absolute atomic E-state index is 14.3. The molecular weight excluding hydrogens is 376 g/mol. The van der Waals surface area contributed by atoms with Gasteiger partial charge < -0.3 is 0 Å². The van der Waals surface area contributed by atoms with Crippen LogP contribution in [0.15, 0.2) is 24.3 Å². The molecule has 0 radical (unpaired) electrons. The number of carbonyl (C=O) groups excluding carboxylic acids is 1. The highest BCUT2D eigenvalue weighted by atomic mass is 31.2. The zero-order chi connectivity index (χ0) is 20.1. The SMILES string of the molecule is CN(C1CCCCC1)P(=O)(NC(=O)c1ccccc1F)N(C)C1CCCCC1. The summed E-state index contributed by atoms with van der Waals surface area (Å²) in [5, 5.41) is 2.77. The first-order valence-electron chi connectivity index (χ1n) is 10.6. The summed E-state index contributed by atoms with van der Waals surface area (Å²) in [5.41, 5.74) is -0.0585. The van der Waals surface area contributed by atoms with Gasteiger partial charge in [0.1, 0.15) is 5.82 Å². The van der Waals surface area contributed by atoms with Gasteiger partial charge in [0.05, 0.1) is 5.56 Å². The summed E-state index contributed by atoms with van der Waals surface area (Å²) in [4.78, 5) is 12.9. The molecule has 2 saturated carbocycles. The zero-order valence-corrected chi connectivity index (χ0v) is 18.0. The largest absolute Gasteiger partial charge is 0.311 e. The molecule has 1 aromatic rings. The number of hydrogen-bond acceptors (Lipinski definition) is 2. The van der Waals surface area contributed by atoms with E-state index in [1.807, 2.05) is 23.4 Å². The predicted molar refractivity (Wildman–Crippen MR) is 111 cm³/mol. The molecule has 0 saturated heterocycles. The van der Waals surface area contributed by atoms with E-state index in [9.17, 15) is 13.8 Å². The minimum atomic E-state index is -3.38. The molecule has 0 atom stereocenters. The second-order valence-corrected chi connectivity index (χ2v) is 10.8. The van der Waals surface area contributed by atoms with E-state index in [0.717, 1.165) is 51.4 Å². The van der Waals surface area contributed by atoms with Crippen LogP contribution in [0.5, 0.6) is 0 Å². The highest BCUT2D eigenvalue weighted by molar-refractivity contribution is 7.57. The monoisotopic (exact) mass is 409 g/mol. The van der Waals surface area contributed by atoms with Gasteiger partial charge >= 0.3 is 7.59 Å². The summed E-state index contributed by atoms with van der Waals surface area (Å²) in [6, 6.07) is 6.22. The van der Waals surface area contributed by atoms with Crippen LogP contribution in [0.25, 0.3) is 0 Å². The predicted octanol–water partition coefficient (Wildman–Crippen LogP) is 5.19. The van der Waals surface area contributed by atoms with Crippen molar-refractivity contribution in [3.05, 3.63) is 35.6 Å². The molecule has 0 bridgehead atoms. The van der Waals surface area contributed by atoms with Gasteiger partial charge in [-0.05, 0) is 51.9 Å². The number of amides is 1. The Bertz CT molecular complexity index is 689. The summed E-state index contributed by atoms with van der Waals surface area (Å²) in [7, 11) is 0.338. The lowest BCUT2D eigenvalue weighted by Gasteiger charge is -2.44. The molecule has 5 nitrogen and oxygen atoms in total. The molecule has 0 spiro atoms. The lowest BCUT2D eigenvalue weighted by atomic mass is 9.96. The van der Waals surface area contributed by atoms with Gasteiger partial charge in [-0.15, -0.1) is 0 Å². The van der Waals surface area contributed by atoms with Gasteiger partial charge in [0.25, 0.3) is 5.91 Å². The molecule has 0 aliphatic heterocycles. The van der Waals surface area contributed by atoms with Crippen molar-refractivity contribution in [2.75, 3.05) is 14.1 Å². The van der Waals surface area contributed by atoms with Crippen LogP contribution in [-0.2, 0) is 4.57 Å². The average Bonchev–Trinajstić information content (AvgIpc) is 2.74. The Morgan fingerprint density at radius 3 is 1.86 bits per heavy atom. The van der Waals surface area contributed by atoms with Crippen molar-refractivity contribution in [1.82, 2.24) is 14.4 Å². The maximum Gasteiger partial charge on any atom is 0.311 e. The summed E-state index contributed by atoms with van der Waals surface area (Å²) < 4.78 is 32.2. The van der Waals surface area contributed by atoms with Gasteiger partial charge in [0.15, 0.2) is 0 Å². The van der Waals surface area contributed by atoms with E-state index in [1.165, 1.54) is 25.0 Å². The topological polar surface area (TPSA) is 52.7 Å². The Balaban J connectivity index is 1.87. The number of nitrogens with one attached hydrogen (secondary N) is 1. The number of benzene rings is 1. The van der Waals surface area contributed by atoms with E-state index in [-0.39, 0.29) is 17.6 Å². The van der Waals surface area contributed by atoms with Crippen LogP contribution in [-0.4, -0.2) is 41.4 Å². The number of nitrogens with zero attached hydrogens (tertiary/aromatic N) is 2. The standard InChI is InChI=1S/C21H33FN3O2P/c1-24(17-11-5-3-6-12-17)28(27,25(2)18-13-7-4-8-14-18)23-21(26)19-15-9-10-16-20(19)22/h9-10,15-18H,3-8,11-14H2,1-2H3,(H,23,26,27). The normalized spacial score (nSPS) is 19.9. The van der Waals surface area contributed by atoms with Gasteiger partial charge in [0, 0.05) is 12.1 Å². The Labute approximate surface area is 168 Å². The van der Waals surface area contributed by atoms with Crippen molar-refractivity contribution >= 4 is 13.5 Å². The van der Waals surface area contributed by atoms with Gasteiger partial charge in [-0.1, -0.05) is 50.7 Å².